The van der Waals surface area contributed by atoms with E-state index in [1.165, 1.54) is 6.42 Å². The lowest BCUT2D eigenvalue weighted by molar-refractivity contribution is -0.120. The molecule has 7 nitrogen and oxygen atoms in total. The van der Waals surface area contributed by atoms with E-state index >= 15 is 0 Å². The van der Waals surface area contributed by atoms with E-state index < -0.39 is 0 Å². The predicted octanol–water partition coefficient (Wildman–Crippen LogP) is 2.95. The number of carbonyl (C=O) groups is 1. The Bertz CT molecular complexity index is 821. The fourth-order valence-electron chi connectivity index (χ4n) is 2.93. The average molecular weight is 479 g/mol. The Kier molecular flexibility index (Phi) is 6.86. The summed E-state index contributed by atoms with van der Waals surface area (Å²) < 4.78 is 1.04. The molecule has 0 saturated carbocycles. The second-order valence-electron chi connectivity index (χ2n) is 6.23. The first-order valence-corrected chi connectivity index (χ1v) is 9.92. The van der Waals surface area contributed by atoms with Gasteiger partial charge < -0.3 is 20.8 Å². The van der Waals surface area contributed by atoms with Gasteiger partial charge in [0.05, 0.1) is 5.56 Å². The molecule has 1 aromatic heterocycles. The number of amidine groups is 1. The molecule has 0 aliphatic carbocycles. The van der Waals surface area contributed by atoms with Gasteiger partial charge in [0.2, 0.25) is 0 Å². The maximum Gasteiger partial charge on any atom is 0.265 e. The van der Waals surface area contributed by atoms with Crippen molar-refractivity contribution in [3.63, 3.8) is 0 Å². The Morgan fingerprint density at radius 2 is 2.07 bits per heavy atom. The van der Waals surface area contributed by atoms with Gasteiger partial charge in [0.25, 0.3) is 5.91 Å². The van der Waals surface area contributed by atoms with E-state index in [0.717, 1.165) is 40.9 Å². The number of nitrogens with zero attached hydrogens (tertiary/aromatic N) is 3. The first-order chi connectivity index (χ1) is 13.1. The number of carbonyl (C=O) groups excluding carboxylic acids is 1. The number of oxime groups is 1. The molecule has 0 bridgehead atoms. The van der Waals surface area contributed by atoms with Crippen molar-refractivity contribution in [2.75, 3.05) is 29.9 Å². The lowest BCUT2D eigenvalue weighted by Gasteiger charge is -2.29. The molecule has 2 aromatic rings. The quantitative estimate of drug-likeness (QED) is 0.288. The number of piperidine rings is 1. The monoisotopic (exact) mass is 479 g/mol. The molecule has 3 rings (SSSR count). The number of nitrogens with one attached hydrogen (secondary N) is 1. The Labute approximate surface area is 172 Å². The molecule has 2 heterocycles. The standard InChI is InChI=1S/C19H22IN5O2/c20-14-6-4-7-15(12-14)23-17(26)13-27-24-18(21)16-8-5-9-22-19(16)25-10-2-1-3-11-25/h4-9,12H,1-3,10-11,13H2,(H2,21,24)(H,23,26). The fraction of sp³-hybridized carbons (Fsp3) is 0.316. The van der Waals surface area contributed by atoms with Crippen LogP contribution in [0.15, 0.2) is 47.8 Å². The molecule has 27 heavy (non-hydrogen) atoms. The molecule has 1 aliphatic rings. The molecule has 142 valence electrons. The van der Waals surface area contributed by atoms with Crippen molar-refractivity contribution in [3.05, 3.63) is 51.7 Å². The summed E-state index contributed by atoms with van der Waals surface area (Å²) in [6.45, 7) is 1.69. The molecular weight excluding hydrogens is 457 g/mol. The van der Waals surface area contributed by atoms with Gasteiger partial charge in [-0.2, -0.15) is 0 Å². The minimum absolute atomic E-state index is 0.214. The van der Waals surface area contributed by atoms with Crippen LogP contribution in [0.4, 0.5) is 11.5 Å². The van der Waals surface area contributed by atoms with Gasteiger partial charge in [-0.3, -0.25) is 4.79 Å². The third-order valence-electron chi connectivity index (χ3n) is 4.19. The van der Waals surface area contributed by atoms with E-state index in [1.807, 2.05) is 36.4 Å². The van der Waals surface area contributed by atoms with Gasteiger partial charge in [0.1, 0.15) is 5.82 Å². The molecule has 0 unspecified atom stereocenters. The average Bonchev–Trinajstić information content (AvgIpc) is 2.68. The lowest BCUT2D eigenvalue weighted by Crippen LogP contribution is -2.32. The van der Waals surface area contributed by atoms with Crippen LogP contribution in [0.25, 0.3) is 0 Å². The summed E-state index contributed by atoms with van der Waals surface area (Å²) in [6, 6.07) is 11.2. The van der Waals surface area contributed by atoms with E-state index in [9.17, 15) is 4.79 Å². The number of pyridine rings is 1. The lowest BCUT2D eigenvalue weighted by atomic mass is 10.1. The highest BCUT2D eigenvalue weighted by atomic mass is 127. The maximum atomic E-state index is 12.0. The van der Waals surface area contributed by atoms with Crippen molar-refractivity contribution in [1.82, 2.24) is 4.98 Å². The number of nitrogens with two attached hydrogens (primary N) is 1. The Morgan fingerprint density at radius 1 is 1.26 bits per heavy atom. The second-order valence-corrected chi connectivity index (χ2v) is 7.48. The highest BCUT2D eigenvalue weighted by Gasteiger charge is 2.17. The topological polar surface area (TPSA) is 92.8 Å². The molecule has 3 N–H and O–H groups in total. The summed E-state index contributed by atoms with van der Waals surface area (Å²) in [5, 5.41) is 6.67. The number of rotatable bonds is 6. The molecule has 1 amide bonds. The normalized spacial score (nSPS) is 14.7. The SMILES string of the molecule is N/C(=N\OCC(=O)Nc1cccc(I)c1)c1cccnc1N1CCCCC1. The Balaban J connectivity index is 1.60. The number of hydrogen-bond acceptors (Lipinski definition) is 5. The van der Waals surface area contributed by atoms with Gasteiger partial charge in [-0.25, -0.2) is 4.98 Å². The van der Waals surface area contributed by atoms with Crippen LogP contribution < -0.4 is 16.0 Å². The van der Waals surface area contributed by atoms with Gasteiger partial charge in [0.15, 0.2) is 12.4 Å². The Morgan fingerprint density at radius 3 is 2.85 bits per heavy atom. The van der Waals surface area contributed by atoms with Crippen molar-refractivity contribution in [2.45, 2.75) is 19.3 Å². The number of aromatic nitrogens is 1. The summed E-state index contributed by atoms with van der Waals surface area (Å²) in [5.74, 6) is 0.729. The molecule has 1 fully saturated rings. The minimum atomic E-state index is -0.295. The predicted molar refractivity (Wildman–Crippen MR) is 115 cm³/mol. The number of amides is 1. The van der Waals surface area contributed by atoms with Crippen molar-refractivity contribution in [1.29, 1.82) is 0 Å². The molecule has 8 heteroatoms. The van der Waals surface area contributed by atoms with Crippen LogP contribution in [0.2, 0.25) is 0 Å². The molecule has 0 atom stereocenters. The summed E-state index contributed by atoms with van der Waals surface area (Å²) >= 11 is 2.19. The summed E-state index contributed by atoms with van der Waals surface area (Å²) in [6.07, 6.45) is 5.27. The molecule has 1 aliphatic heterocycles. The zero-order chi connectivity index (χ0) is 19.1. The van der Waals surface area contributed by atoms with Crippen LogP contribution in [0.5, 0.6) is 0 Å². The highest BCUT2D eigenvalue weighted by Crippen LogP contribution is 2.21. The second kappa shape index (κ2) is 9.54. The van der Waals surface area contributed by atoms with E-state index in [2.05, 4.69) is 42.9 Å². The van der Waals surface area contributed by atoms with Crippen LogP contribution in [-0.4, -0.2) is 36.4 Å². The van der Waals surface area contributed by atoms with Gasteiger partial charge in [-0.1, -0.05) is 11.2 Å². The fourth-order valence-corrected chi connectivity index (χ4v) is 3.47. The zero-order valence-corrected chi connectivity index (χ0v) is 17.1. The van der Waals surface area contributed by atoms with Gasteiger partial charge in [-0.15, -0.1) is 0 Å². The van der Waals surface area contributed by atoms with Crippen molar-refractivity contribution >= 4 is 45.8 Å². The first kappa shape index (κ1) is 19.4. The number of benzene rings is 1. The van der Waals surface area contributed by atoms with Crippen LogP contribution in [0.3, 0.4) is 0 Å². The van der Waals surface area contributed by atoms with Crippen molar-refractivity contribution in [2.24, 2.45) is 10.9 Å². The molecule has 0 spiro atoms. The Hall–Kier alpha value is -2.36. The third-order valence-corrected chi connectivity index (χ3v) is 4.86. The first-order valence-electron chi connectivity index (χ1n) is 8.84. The van der Waals surface area contributed by atoms with Crippen molar-refractivity contribution < 1.29 is 9.63 Å². The summed E-state index contributed by atoms with van der Waals surface area (Å²) in [7, 11) is 0. The van der Waals surface area contributed by atoms with Gasteiger partial charge in [0, 0.05) is 28.5 Å². The van der Waals surface area contributed by atoms with E-state index in [0.29, 0.717) is 5.69 Å². The van der Waals surface area contributed by atoms with E-state index in [1.54, 1.807) is 6.20 Å². The molecule has 1 aromatic carbocycles. The van der Waals surface area contributed by atoms with Crippen LogP contribution in [0.1, 0.15) is 24.8 Å². The summed E-state index contributed by atoms with van der Waals surface area (Å²) in [4.78, 5) is 23.8. The highest BCUT2D eigenvalue weighted by molar-refractivity contribution is 14.1. The van der Waals surface area contributed by atoms with Crippen molar-refractivity contribution in [3.8, 4) is 0 Å². The smallest absolute Gasteiger partial charge is 0.265 e. The summed E-state index contributed by atoms with van der Waals surface area (Å²) in [5.41, 5.74) is 7.52. The van der Waals surface area contributed by atoms with E-state index in [-0.39, 0.29) is 18.3 Å². The number of halogens is 1. The molecular formula is C19H22IN5O2. The third kappa shape index (κ3) is 5.56. The number of anilines is 2. The van der Waals surface area contributed by atoms with Gasteiger partial charge in [-0.05, 0) is 72.2 Å². The van der Waals surface area contributed by atoms with Crippen LogP contribution in [0, 0.1) is 3.57 Å². The van der Waals surface area contributed by atoms with Crippen LogP contribution in [-0.2, 0) is 9.63 Å². The largest absolute Gasteiger partial charge is 0.384 e. The van der Waals surface area contributed by atoms with Gasteiger partial charge >= 0.3 is 0 Å². The zero-order valence-electron chi connectivity index (χ0n) is 14.9. The maximum absolute atomic E-state index is 12.0. The number of hydrogen-bond donors (Lipinski definition) is 2. The van der Waals surface area contributed by atoms with E-state index in [4.69, 9.17) is 10.6 Å². The molecule has 1 saturated heterocycles. The minimum Gasteiger partial charge on any atom is -0.384 e. The van der Waals surface area contributed by atoms with Crippen LogP contribution >= 0.6 is 22.6 Å². The molecule has 0 radical (unpaired) electrons.